The molecule has 19 heavy (non-hydrogen) atoms. The largest absolute Gasteiger partial charge is 0.477 e. The lowest BCUT2D eigenvalue weighted by atomic mass is 10.2. The Hall–Kier alpha value is -2.42. The maximum Gasteiger partial charge on any atom is 0.354 e. The number of aryl methyl sites for hydroxylation is 1. The number of carbonyl (C=O) groups excluding carboxylic acids is 1. The molecule has 4 N–H and O–H groups in total. The van der Waals surface area contributed by atoms with Crippen LogP contribution in [-0.4, -0.2) is 28.1 Å². The first kappa shape index (κ1) is 14.6. The van der Waals surface area contributed by atoms with Crippen LogP contribution >= 0.6 is 0 Å². The van der Waals surface area contributed by atoms with E-state index in [-0.39, 0.29) is 17.4 Å². The number of aromatic nitrogens is 1. The molecule has 6 heteroatoms. The van der Waals surface area contributed by atoms with Crippen molar-refractivity contribution in [2.24, 2.45) is 0 Å². The average Bonchev–Trinajstić information content (AvgIpc) is 2.69. The highest BCUT2D eigenvalue weighted by molar-refractivity contribution is 5.99. The van der Waals surface area contributed by atoms with Crippen molar-refractivity contribution in [1.82, 2.24) is 10.3 Å². The van der Waals surface area contributed by atoms with E-state index in [1.54, 1.807) is 13.0 Å². The molecule has 102 valence electrons. The molecule has 0 radical (unpaired) electrons. The van der Waals surface area contributed by atoms with Gasteiger partial charge in [-0.15, -0.1) is 12.3 Å². The first-order valence-corrected chi connectivity index (χ1v) is 5.91. The molecule has 0 aliphatic carbocycles. The van der Waals surface area contributed by atoms with Gasteiger partial charge in [0, 0.05) is 18.2 Å². The molecule has 1 heterocycles. The minimum absolute atomic E-state index is 0.0438. The number of aromatic carboxylic acids is 1. The van der Waals surface area contributed by atoms with Gasteiger partial charge >= 0.3 is 12.0 Å². The second kappa shape index (κ2) is 6.50. The summed E-state index contributed by atoms with van der Waals surface area (Å²) < 4.78 is 0. The van der Waals surface area contributed by atoms with Gasteiger partial charge in [-0.05, 0) is 19.4 Å². The number of rotatable bonds is 5. The summed E-state index contributed by atoms with van der Waals surface area (Å²) in [4.78, 5) is 25.4. The second-order valence-electron chi connectivity index (χ2n) is 4.16. The molecular weight excluding hydrogens is 246 g/mol. The molecule has 0 aromatic carbocycles. The van der Waals surface area contributed by atoms with Crippen molar-refractivity contribution >= 4 is 17.7 Å². The monoisotopic (exact) mass is 263 g/mol. The Balaban J connectivity index is 2.72. The van der Waals surface area contributed by atoms with Crippen LogP contribution in [0.4, 0.5) is 10.5 Å². The highest BCUT2D eigenvalue weighted by atomic mass is 16.4. The standard InChI is InChI=1S/C13H17N3O3/c1-4-6-9(5-2)15-13(19)16-10-7-8(3)14-11(10)12(17)18/h1,7,9,14H,5-6H2,2-3H3,(H,17,18)(H2,15,16,19). The Labute approximate surface area is 111 Å². The van der Waals surface area contributed by atoms with E-state index in [2.05, 4.69) is 21.5 Å². The molecule has 1 unspecified atom stereocenters. The molecule has 1 aromatic rings. The summed E-state index contributed by atoms with van der Waals surface area (Å²) in [6.45, 7) is 3.62. The number of carbonyl (C=O) groups is 2. The number of carboxylic acid groups (broad SMARTS) is 1. The summed E-state index contributed by atoms with van der Waals surface area (Å²) >= 11 is 0. The number of hydrogen-bond acceptors (Lipinski definition) is 2. The number of aromatic amines is 1. The molecule has 6 nitrogen and oxygen atoms in total. The van der Waals surface area contributed by atoms with Crippen LogP contribution in [0.1, 0.15) is 35.9 Å². The van der Waals surface area contributed by atoms with E-state index in [0.717, 1.165) is 0 Å². The van der Waals surface area contributed by atoms with E-state index in [4.69, 9.17) is 11.5 Å². The van der Waals surface area contributed by atoms with Gasteiger partial charge in [0.25, 0.3) is 0 Å². The Morgan fingerprint density at radius 1 is 1.58 bits per heavy atom. The normalized spacial score (nSPS) is 11.4. The highest BCUT2D eigenvalue weighted by Crippen LogP contribution is 2.16. The number of amides is 2. The molecule has 0 saturated carbocycles. The quantitative estimate of drug-likeness (QED) is 0.611. The van der Waals surface area contributed by atoms with E-state index in [1.165, 1.54) is 0 Å². The Kier molecular flexibility index (Phi) is 5.01. The van der Waals surface area contributed by atoms with E-state index in [0.29, 0.717) is 18.5 Å². The summed E-state index contributed by atoms with van der Waals surface area (Å²) in [5, 5.41) is 14.2. The molecule has 0 saturated heterocycles. The SMILES string of the molecule is C#CCC(CC)NC(=O)Nc1cc(C)[nH]c1C(=O)O. The van der Waals surface area contributed by atoms with Crippen molar-refractivity contribution < 1.29 is 14.7 Å². The van der Waals surface area contributed by atoms with E-state index in [1.807, 2.05) is 6.92 Å². The highest BCUT2D eigenvalue weighted by Gasteiger charge is 2.16. The summed E-state index contributed by atoms with van der Waals surface area (Å²) in [6.07, 6.45) is 6.33. The Morgan fingerprint density at radius 2 is 2.26 bits per heavy atom. The minimum atomic E-state index is -1.13. The fourth-order valence-electron chi connectivity index (χ4n) is 1.64. The minimum Gasteiger partial charge on any atom is -0.477 e. The van der Waals surface area contributed by atoms with Crippen molar-refractivity contribution in [3.05, 3.63) is 17.5 Å². The van der Waals surface area contributed by atoms with Crippen molar-refractivity contribution in [2.75, 3.05) is 5.32 Å². The number of H-pyrrole nitrogens is 1. The number of terminal acetylenes is 1. The van der Waals surface area contributed by atoms with Gasteiger partial charge in [-0.1, -0.05) is 6.92 Å². The van der Waals surface area contributed by atoms with Gasteiger partial charge in [0.05, 0.1) is 5.69 Å². The van der Waals surface area contributed by atoms with Crippen LogP contribution in [0.2, 0.25) is 0 Å². The topological polar surface area (TPSA) is 94.2 Å². The molecule has 0 fully saturated rings. The van der Waals surface area contributed by atoms with Crippen LogP contribution < -0.4 is 10.6 Å². The fourth-order valence-corrected chi connectivity index (χ4v) is 1.64. The smallest absolute Gasteiger partial charge is 0.354 e. The summed E-state index contributed by atoms with van der Waals surface area (Å²) in [7, 11) is 0. The van der Waals surface area contributed by atoms with E-state index < -0.39 is 12.0 Å². The van der Waals surface area contributed by atoms with E-state index in [9.17, 15) is 9.59 Å². The van der Waals surface area contributed by atoms with Gasteiger partial charge in [-0.2, -0.15) is 0 Å². The zero-order chi connectivity index (χ0) is 14.4. The number of anilines is 1. The molecule has 0 aliphatic rings. The van der Waals surface area contributed by atoms with Gasteiger partial charge in [0.1, 0.15) is 5.69 Å². The van der Waals surface area contributed by atoms with E-state index >= 15 is 0 Å². The third-order valence-electron chi connectivity index (χ3n) is 2.61. The Bertz CT molecular complexity index is 514. The van der Waals surface area contributed by atoms with Crippen LogP contribution in [0.25, 0.3) is 0 Å². The zero-order valence-corrected chi connectivity index (χ0v) is 10.9. The number of carboxylic acids is 1. The second-order valence-corrected chi connectivity index (χ2v) is 4.16. The lowest BCUT2D eigenvalue weighted by Crippen LogP contribution is -2.37. The van der Waals surface area contributed by atoms with Gasteiger partial charge < -0.3 is 20.7 Å². The average molecular weight is 263 g/mol. The van der Waals surface area contributed by atoms with Gasteiger partial charge in [-0.3, -0.25) is 0 Å². The summed E-state index contributed by atoms with van der Waals surface area (Å²) in [5.41, 5.74) is 0.846. The maximum atomic E-state index is 11.7. The maximum absolute atomic E-state index is 11.7. The first-order chi connectivity index (χ1) is 8.97. The van der Waals surface area contributed by atoms with Crippen molar-refractivity contribution in [3.63, 3.8) is 0 Å². The third kappa shape index (κ3) is 4.07. The molecule has 1 atom stereocenters. The summed E-state index contributed by atoms with van der Waals surface area (Å²) in [6, 6.07) is 0.965. The molecule has 1 aromatic heterocycles. The lowest BCUT2D eigenvalue weighted by molar-refractivity contribution is 0.0692. The Morgan fingerprint density at radius 3 is 2.79 bits per heavy atom. The molecule has 0 aliphatic heterocycles. The molecule has 0 bridgehead atoms. The van der Waals surface area contributed by atoms with Crippen molar-refractivity contribution in [3.8, 4) is 12.3 Å². The van der Waals surface area contributed by atoms with Crippen molar-refractivity contribution in [2.45, 2.75) is 32.7 Å². The van der Waals surface area contributed by atoms with Crippen LogP contribution in [0.5, 0.6) is 0 Å². The van der Waals surface area contributed by atoms with Crippen LogP contribution in [-0.2, 0) is 0 Å². The first-order valence-electron chi connectivity index (χ1n) is 5.91. The molecular formula is C13H17N3O3. The summed E-state index contributed by atoms with van der Waals surface area (Å²) in [5.74, 6) is 1.35. The molecule has 0 spiro atoms. The number of hydrogen-bond donors (Lipinski definition) is 4. The zero-order valence-electron chi connectivity index (χ0n) is 10.9. The van der Waals surface area contributed by atoms with Crippen LogP contribution in [0, 0.1) is 19.3 Å². The van der Waals surface area contributed by atoms with Crippen molar-refractivity contribution in [1.29, 1.82) is 0 Å². The molecule has 1 rings (SSSR count). The number of urea groups is 1. The molecule has 2 amide bonds. The fraction of sp³-hybridized carbons (Fsp3) is 0.385. The predicted octanol–water partition coefficient (Wildman–Crippen LogP) is 1.94. The van der Waals surface area contributed by atoms with Crippen LogP contribution in [0.3, 0.4) is 0 Å². The number of nitrogens with one attached hydrogen (secondary N) is 3. The van der Waals surface area contributed by atoms with Gasteiger partial charge in [-0.25, -0.2) is 9.59 Å². The predicted molar refractivity (Wildman–Crippen MR) is 72.2 cm³/mol. The third-order valence-corrected chi connectivity index (χ3v) is 2.61. The van der Waals surface area contributed by atoms with Gasteiger partial charge in [0.15, 0.2) is 0 Å². The van der Waals surface area contributed by atoms with Crippen LogP contribution in [0.15, 0.2) is 6.07 Å². The lowest BCUT2D eigenvalue weighted by Gasteiger charge is -2.14. The van der Waals surface area contributed by atoms with Gasteiger partial charge in [0.2, 0.25) is 0 Å².